The minimum atomic E-state index is -4.03. The lowest BCUT2D eigenvalue weighted by Crippen LogP contribution is -1.89. The van der Waals surface area contributed by atoms with Crippen LogP contribution in [0.2, 0.25) is 0 Å². The molecule has 1 N–H and O–H groups in total. The summed E-state index contributed by atoms with van der Waals surface area (Å²) in [5, 5.41) is 0. The second kappa shape index (κ2) is 2.62. The Labute approximate surface area is 65.3 Å². The molecule has 1 aromatic rings. The molecule has 1 rings (SSSR count). The summed E-state index contributed by atoms with van der Waals surface area (Å²) in [6, 6.07) is 6.10. The van der Waals surface area contributed by atoms with E-state index in [2.05, 4.69) is 0 Å². The maximum Gasteiger partial charge on any atom is 0.228 e. The Balaban J connectivity index is 3.28. The largest absolute Gasteiger partial charge is 0.228 e. The molecule has 0 aliphatic carbocycles. The number of aryl methyl sites for hydroxylation is 1. The van der Waals surface area contributed by atoms with E-state index >= 15 is 0 Å². The molecule has 0 aliphatic heterocycles. The second-order valence-corrected chi connectivity index (χ2v) is 3.75. The Hall–Kier alpha value is -0.900. The first kappa shape index (κ1) is 8.20. The van der Waals surface area contributed by atoms with Crippen LogP contribution in [0.15, 0.2) is 29.2 Å². The highest BCUT2D eigenvalue weighted by molar-refractivity contribution is 7.87. The third-order valence-electron chi connectivity index (χ3n) is 1.29. The summed E-state index contributed by atoms with van der Waals surface area (Å²) < 4.78 is 29.7. The van der Waals surface area contributed by atoms with Gasteiger partial charge in [0, 0.05) is 0 Å². The SMILES string of the molecule is Cc1cccc(S(=N)(=O)F)c1. The molecule has 0 saturated heterocycles. The van der Waals surface area contributed by atoms with Gasteiger partial charge in [0.25, 0.3) is 0 Å². The van der Waals surface area contributed by atoms with Crippen LogP contribution in [-0.2, 0) is 10.1 Å². The number of benzene rings is 1. The van der Waals surface area contributed by atoms with E-state index in [1.165, 1.54) is 12.1 Å². The summed E-state index contributed by atoms with van der Waals surface area (Å²) in [5.74, 6) is 0. The molecule has 0 radical (unpaired) electrons. The maximum atomic E-state index is 12.5. The highest BCUT2D eigenvalue weighted by atomic mass is 32.3. The fraction of sp³-hybridized carbons (Fsp3) is 0.143. The summed E-state index contributed by atoms with van der Waals surface area (Å²) >= 11 is 0. The normalized spacial score (nSPS) is 15.8. The highest BCUT2D eigenvalue weighted by Gasteiger charge is 2.05. The lowest BCUT2D eigenvalue weighted by Gasteiger charge is -1.97. The van der Waals surface area contributed by atoms with E-state index < -0.39 is 10.1 Å². The van der Waals surface area contributed by atoms with Gasteiger partial charge >= 0.3 is 0 Å². The van der Waals surface area contributed by atoms with Gasteiger partial charge in [0.05, 0.1) is 4.90 Å². The average Bonchev–Trinajstić information content (AvgIpc) is 1.86. The van der Waals surface area contributed by atoms with Crippen LogP contribution in [-0.4, -0.2) is 4.21 Å². The zero-order chi connectivity index (χ0) is 8.48. The summed E-state index contributed by atoms with van der Waals surface area (Å²) in [6.07, 6.45) is 0. The standard InChI is InChI=1S/C7H8FNOS/c1-6-3-2-4-7(5-6)11(8,9)10/h2-5,9H,1H3. The van der Waals surface area contributed by atoms with Crippen LogP contribution in [0.4, 0.5) is 3.89 Å². The van der Waals surface area contributed by atoms with Gasteiger partial charge in [0.15, 0.2) is 0 Å². The van der Waals surface area contributed by atoms with Gasteiger partial charge in [-0.05, 0) is 24.6 Å². The predicted octanol–water partition coefficient (Wildman–Crippen LogP) is 2.29. The van der Waals surface area contributed by atoms with Gasteiger partial charge in [0.1, 0.15) is 0 Å². The first-order chi connectivity index (χ1) is 5.00. The molecule has 0 fully saturated rings. The minimum absolute atomic E-state index is 0.0579. The van der Waals surface area contributed by atoms with E-state index in [4.69, 9.17) is 4.78 Å². The van der Waals surface area contributed by atoms with E-state index in [1.807, 2.05) is 0 Å². The third kappa shape index (κ3) is 2.01. The minimum Gasteiger partial charge on any atom is -0.222 e. The zero-order valence-electron chi connectivity index (χ0n) is 6.00. The number of halogens is 1. The van der Waals surface area contributed by atoms with Crippen molar-refractivity contribution in [3.8, 4) is 0 Å². The van der Waals surface area contributed by atoms with E-state index in [-0.39, 0.29) is 4.90 Å². The summed E-state index contributed by atoms with van der Waals surface area (Å²) in [4.78, 5) is -0.0579. The molecule has 0 bridgehead atoms. The second-order valence-electron chi connectivity index (χ2n) is 2.30. The fourth-order valence-electron chi connectivity index (χ4n) is 0.779. The average molecular weight is 173 g/mol. The van der Waals surface area contributed by atoms with Crippen molar-refractivity contribution in [1.82, 2.24) is 0 Å². The van der Waals surface area contributed by atoms with Crippen molar-refractivity contribution in [1.29, 1.82) is 4.78 Å². The molecule has 60 valence electrons. The monoisotopic (exact) mass is 173 g/mol. The highest BCUT2D eigenvalue weighted by Crippen LogP contribution is 2.13. The van der Waals surface area contributed by atoms with Gasteiger partial charge in [0.2, 0.25) is 10.1 Å². The lowest BCUT2D eigenvalue weighted by atomic mass is 10.2. The van der Waals surface area contributed by atoms with E-state index in [9.17, 15) is 8.09 Å². The first-order valence-corrected chi connectivity index (χ1v) is 4.51. The molecular formula is C7H8FNOS. The van der Waals surface area contributed by atoms with Gasteiger partial charge in [-0.15, -0.1) is 3.89 Å². The van der Waals surface area contributed by atoms with E-state index in [0.717, 1.165) is 5.56 Å². The van der Waals surface area contributed by atoms with Crippen molar-refractivity contribution >= 4 is 10.1 Å². The van der Waals surface area contributed by atoms with Gasteiger partial charge in [-0.25, -0.2) is 8.99 Å². The maximum absolute atomic E-state index is 12.5. The van der Waals surface area contributed by atoms with Crippen molar-refractivity contribution in [2.75, 3.05) is 0 Å². The number of hydrogen-bond donors (Lipinski definition) is 1. The Morgan fingerprint density at radius 2 is 2.18 bits per heavy atom. The Kier molecular flexibility index (Phi) is 1.95. The molecule has 0 heterocycles. The topological polar surface area (TPSA) is 40.9 Å². The molecule has 4 heteroatoms. The molecule has 1 unspecified atom stereocenters. The molecule has 2 nitrogen and oxygen atoms in total. The molecule has 0 amide bonds. The molecule has 1 atom stereocenters. The van der Waals surface area contributed by atoms with Crippen molar-refractivity contribution in [2.45, 2.75) is 11.8 Å². The third-order valence-corrected chi connectivity index (χ3v) is 2.15. The summed E-state index contributed by atoms with van der Waals surface area (Å²) in [7, 11) is -4.03. The van der Waals surface area contributed by atoms with Crippen LogP contribution >= 0.6 is 0 Å². The number of rotatable bonds is 1. The van der Waals surface area contributed by atoms with Gasteiger partial charge in [-0.1, -0.05) is 12.1 Å². The van der Waals surface area contributed by atoms with Crippen molar-refractivity contribution in [3.63, 3.8) is 0 Å². The summed E-state index contributed by atoms with van der Waals surface area (Å²) in [6.45, 7) is 1.76. The van der Waals surface area contributed by atoms with Crippen molar-refractivity contribution in [2.24, 2.45) is 0 Å². The smallest absolute Gasteiger partial charge is 0.222 e. The van der Waals surface area contributed by atoms with Crippen LogP contribution in [0.25, 0.3) is 0 Å². The molecule has 1 aromatic carbocycles. The lowest BCUT2D eigenvalue weighted by molar-refractivity contribution is 0.636. The van der Waals surface area contributed by atoms with Crippen LogP contribution < -0.4 is 0 Å². The molecule has 0 aromatic heterocycles. The van der Waals surface area contributed by atoms with E-state index in [1.54, 1.807) is 19.1 Å². The molecule has 0 spiro atoms. The van der Waals surface area contributed by atoms with Gasteiger partial charge in [-0.3, -0.25) is 0 Å². The van der Waals surface area contributed by atoms with Gasteiger partial charge < -0.3 is 0 Å². The Morgan fingerprint density at radius 3 is 2.55 bits per heavy atom. The Morgan fingerprint density at radius 1 is 1.55 bits per heavy atom. The molecule has 0 saturated carbocycles. The number of nitrogens with one attached hydrogen (secondary N) is 1. The van der Waals surface area contributed by atoms with Crippen LogP contribution in [0.1, 0.15) is 5.56 Å². The van der Waals surface area contributed by atoms with Crippen LogP contribution in [0.3, 0.4) is 0 Å². The Bertz CT molecular complexity index is 358. The quantitative estimate of drug-likeness (QED) is 0.650. The van der Waals surface area contributed by atoms with Crippen LogP contribution in [0.5, 0.6) is 0 Å². The first-order valence-electron chi connectivity index (χ1n) is 3.05. The van der Waals surface area contributed by atoms with Gasteiger partial charge in [-0.2, -0.15) is 0 Å². The molecular weight excluding hydrogens is 165 g/mol. The van der Waals surface area contributed by atoms with E-state index in [0.29, 0.717) is 0 Å². The number of hydrogen-bond acceptors (Lipinski definition) is 2. The van der Waals surface area contributed by atoms with Crippen molar-refractivity contribution in [3.05, 3.63) is 29.8 Å². The summed E-state index contributed by atoms with van der Waals surface area (Å²) in [5.41, 5.74) is 0.806. The van der Waals surface area contributed by atoms with Crippen LogP contribution in [0, 0.1) is 11.7 Å². The fourth-order valence-corrected chi connectivity index (χ4v) is 1.37. The van der Waals surface area contributed by atoms with Crippen molar-refractivity contribution < 1.29 is 8.09 Å². The zero-order valence-corrected chi connectivity index (χ0v) is 6.82. The predicted molar refractivity (Wildman–Crippen MR) is 41.4 cm³/mol. The molecule has 0 aliphatic rings. The molecule has 11 heavy (non-hydrogen) atoms.